The number of rotatable bonds is 4. The quantitative estimate of drug-likeness (QED) is 0.300. The summed E-state index contributed by atoms with van der Waals surface area (Å²) in [4.78, 5) is 4.81. The number of hydrogen-bond donors (Lipinski definition) is 0. The number of para-hydroxylation sites is 1. The second-order valence-electron chi connectivity index (χ2n) is 7.13. The van der Waals surface area contributed by atoms with Crippen molar-refractivity contribution in [3.8, 4) is 20.9 Å². The molecule has 0 N–H and O–H groups in total. The minimum atomic E-state index is 1.19. The third kappa shape index (κ3) is 3.43. The molecule has 1 heterocycles. The summed E-state index contributed by atoms with van der Waals surface area (Å²) < 4.78 is 0. The van der Waals surface area contributed by atoms with Gasteiger partial charge in [0.2, 0.25) is 0 Å². The van der Waals surface area contributed by atoms with Gasteiger partial charge in [-0.05, 0) is 58.3 Å². The molecule has 2 heteroatoms. The zero-order valence-corrected chi connectivity index (χ0v) is 17.1. The molecular weight excluding hydrogens is 370 g/mol. The second kappa shape index (κ2) is 7.57. The maximum absolute atomic E-state index is 2.24. The Morgan fingerprint density at radius 3 is 2.03 bits per heavy atom. The molecule has 0 unspecified atom stereocenters. The Morgan fingerprint density at radius 1 is 0.552 bits per heavy atom. The zero-order valence-electron chi connectivity index (χ0n) is 16.2. The molecule has 0 atom stereocenters. The van der Waals surface area contributed by atoms with Crippen LogP contribution >= 0.6 is 11.3 Å². The van der Waals surface area contributed by atoms with Gasteiger partial charge in [-0.2, -0.15) is 0 Å². The van der Waals surface area contributed by atoms with Gasteiger partial charge in [-0.25, -0.2) is 0 Å². The van der Waals surface area contributed by atoms with Gasteiger partial charge in [0, 0.05) is 28.2 Å². The van der Waals surface area contributed by atoms with Gasteiger partial charge in [-0.15, -0.1) is 11.3 Å². The van der Waals surface area contributed by atoms with Gasteiger partial charge in [-0.1, -0.05) is 72.8 Å². The summed E-state index contributed by atoms with van der Waals surface area (Å²) in [6, 6.07) is 38.9. The predicted molar refractivity (Wildman–Crippen MR) is 127 cm³/mol. The Bertz CT molecular complexity index is 1250. The lowest BCUT2D eigenvalue weighted by molar-refractivity contribution is 1.21. The molecule has 140 valence electrons. The van der Waals surface area contributed by atoms with E-state index in [1.807, 2.05) is 17.4 Å². The first kappa shape index (κ1) is 17.7. The number of hydrogen-bond acceptors (Lipinski definition) is 2. The number of thiophene rings is 1. The molecule has 5 rings (SSSR count). The first-order valence-electron chi connectivity index (χ1n) is 9.77. The molecule has 0 aliphatic rings. The zero-order chi connectivity index (χ0) is 19.6. The maximum Gasteiger partial charge on any atom is 0.0408 e. The van der Waals surface area contributed by atoms with Crippen molar-refractivity contribution in [2.24, 2.45) is 0 Å². The van der Waals surface area contributed by atoms with Gasteiger partial charge in [0.05, 0.1) is 0 Å². The first-order valence-corrected chi connectivity index (χ1v) is 10.6. The molecule has 0 radical (unpaired) electrons. The fraction of sp³-hybridized carbons (Fsp3) is 0.0370. The molecule has 1 aromatic heterocycles. The Balaban J connectivity index is 1.45. The lowest BCUT2D eigenvalue weighted by Crippen LogP contribution is -2.08. The van der Waals surface area contributed by atoms with Crippen LogP contribution in [0.3, 0.4) is 0 Å². The van der Waals surface area contributed by atoms with Gasteiger partial charge in [0.25, 0.3) is 0 Å². The highest BCUT2D eigenvalue weighted by Crippen LogP contribution is 2.38. The van der Waals surface area contributed by atoms with E-state index in [0.29, 0.717) is 0 Å². The summed E-state index contributed by atoms with van der Waals surface area (Å²) in [6.45, 7) is 0. The van der Waals surface area contributed by atoms with E-state index < -0.39 is 0 Å². The number of fused-ring (bicyclic) bond motifs is 1. The SMILES string of the molecule is CN(c1ccccc1)c1ccc(-c2ccc(-c3cccc4ccccc34)s2)cc1. The monoisotopic (exact) mass is 391 g/mol. The number of nitrogens with zero attached hydrogens (tertiary/aromatic N) is 1. The molecule has 4 aromatic carbocycles. The Kier molecular flexibility index (Phi) is 4.63. The molecule has 5 aromatic rings. The van der Waals surface area contributed by atoms with E-state index in [-0.39, 0.29) is 0 Å². The largest absolute Gasteiger partial charge is 0.345 e. The van der Waals surface area contributed by atoms with E-state index >= 15 is 0 Å². The van der Waals surface area contributed by atoms with Crippen LogP contribution < -0.4 is 4.90 Å². The highest BCUT2D eigenvalue weighted by Gasteiger charge is 2.09. The molecule has 0 aliphatic heterocycles. The van der Waals surface area contributed by atoms with E-state index in [4.69, 9.17) is 0 Å². The molecular formula is C27H21NS. The van der Waals surface area contributed by atoms with Gasteiger partial charge in [0.15, 0.2) is 0 Å². The van der Waals surface area contributed by atoms with Crippen LogP contribution in [0.1, 0.15) is 0 Å². The van der Waals surface area contributed by atoms with E-state index in [2.05, 4.69) is 115 Å². The van der Waals surface area contributed by atoms with Crippen LogP contribution in [0.2, 0.25) is 0 Å². The standard InChI is InChI=1S/C27H21NS/c1-28(22-10-3-2-4-11-22)23-16-14-21(15-17-23)26-18-19-27(29-26)25-13-7-9-20-8-5-6-12-24(20)25/h2-19H,1H3. The average Bonchev–Trinajstić information content (AvgIpc) is 3.29. The Hall–Kier alpha value is -3.36. The minimum absolute atomic E-state index is 1.19. The van der Waals surface area contributed by atoms with Crippen LogP contribution in [0.5, 0.6) is 0 Å². The molecule has 0 aliphatic carbocycles. The third-order valence-electron chi connectivity index (χ3n) is 5.34. The summed E-state index contributed by atoms with van der Waals surface area (Å²) in [5.41, 5.74) is 4.94. The van der Waals surface area contributed by atoms with Crippen molar-refractivity contribution in [1.29, 1.82) is 0 Å². The van der Waals surface area contributed by atoms with Crippen molar-refractivity contribution in [2.45, 2.75) is 0 Å². The highest BCUT2D eigenvalue weighted by atomic mass is 32.1. The summed E-state index contributed by atoms with van der Waals surface area (Å²) in [5, 5.41) is 2.59. The van der Waals surface area contributed by atoms with Crippen LogP contribution in [-0.4, -0.2) is 7.05 Å². The second-order valence-corrected chi connectivity index (χ2v) is 8.22. The van der Waals surface area contributed by atoms with Crippen LogP contribution in [0.4, 0.5) is 11.4 Å². The van der Waals surface area contributed by atoms with E-state index in [1.54, 1.807) is 0 Å². The van der Waals surface area contributed by atoms with Crippen molar-refractivity contribution in [3.63, 3.8) is 0 Å². The smallest absolute Gasteiger partial charge is 0.0408 e. The first-order chi connectivity index (χ1) is 14.3. The molecule has 0 spiro atoms. The average molecular weight is 392 g/mol. The van der Waals surface area contributed by atoms with E-state index in [9.17, 15) is 0 Å². The molecule has 0 saturated heterocycles. The summed E-state index contributed by atoms with van der Waals surface area (Å²) >= 11 is 1.85. The topological polar surface area (TPSA) is 3.24 Å². The van der Waals surface area contributed by atoms with Crippen molar-refractivity contribution in [2.75, 3.05) is 11.9 Å². The predicted octanol–water partition coefficient (Wildman–Crippen LogP) is 8.00. The molecule has 29 heavy (non-hydrogen) atoms. The third-order valence-corrected chi connectivity index (χ3v) is 6.51. The summed E-state index contributed by atoms with van der Waals surface area (Å²) in [6.07, 6.45) is 0. The Labute approximate surface area is 175 Å². The molecule has 0 amide bonds. The molecule has 0 saturated carbocycles. The van der Waals surface area contributed by atoms with Crippen LogP contribution in [0.25, 0.3) is 31.7 Å². The van der Waals surface area contributed by atoms with Crippen molar-refractivity contribution in [1.82, 2.24) is 0 Å². The van der Waals surface area contributed by atoms with Gasteiger partial charge in [0.1, 0.15) is 0 Å². The summed E-state index contributed by atoms with van der Waals surface area (Å²) in [5.74, 6) is 0. The van der Waals surface area contributed by atoms with E-state index in [1.165, 1.54) is 43.0 Å². The highest BCUT2D eigenvalue weighted by molar-refractivity contribution is 7.18. The van der Waals surface area contributed by atoms with Crippen LogP contribution in [-0.2, 0) is 0 Å². The normalized spacial score (nSPS) is 10.9. The maximum atomic E-state index is 2.24. The van der Waals surface area contributed by atoms with E-state index in [0.717, 1.165) is 0 Å². The van der Waals surface area contributed by atoms with Gasteiger partial charge < -0.3 is 4.90 Å². The fourth-order valence-electron chi connectivity index (χ4n) is 3.73. The van der Waals surface area contributed by atoms with Crippen LogP contribution in [0.15, 0.2) is 109 Å². The van der Waals surface area contributed by atoms with Crippen molar-refractivity contribution < 1.29 is 0 Å². The fourth-order valence-corrected chi connectivity index (χ4v) is 4.78. The van der Waals surface area contributed by atoms with Crippen molar-refractivity contribution in [3.05, 3.63) is 109 Å². The van der Waals surface area contributed by atoms with Gasteiger partial charge in [-0.3, -0.25) is 0 Å². The lowest BCUT2D eigenvalue weighted by atomic mass is 10.0. The van der Waals surface area contributed by atoms with Gasteiger partial charge >= 0.3 is 0 Å². The van der Waals surface area contributed by atoms with Crippen LogP contribution in [0, 0.1) is 0 Å². The number of benzene rings is 4. The summed E-state index contributed by atoms with van der Waals surface area (Å²) in [7, 11) is 2.11. The van der Waals surface area contributed by atoms with Crippen molar-refractivity contribution >= 4 is 33.5 Å². The lowest BCUT2D eigenvalue weighted by Gasteiger charge is -2.19. The molecule has 1 nitrogen and oxygen atoms in total. The minimum Gasteiger partial charge on any atom is -0.345 e. The molecule has 0 bridgehead atoms. The molecule has 0 fully saturated rings. The Morgan fingerprint density at radius 2 is 1.21 bits per heavy atom. The number of anilines is 2.